The molecule has 3 N–H and O–H groups in total. The first-order chi connectivity index (χ1) is 16.1. The van der Waals surface area contributed by atoms with Gasteiger partial charge in [-0.15, -0.1) is 0 Å². The number of benzene rings is 1. The van der Waals surface area contributed by atoms with E-state index >= 15 is 0 Å². The van der Waals surface area contributed by atoms with Crippen LogP contribution >= 0.6 is 11.6 Å². The standard InChI is InChI=1S/C23H30ClN7O2/c1-2-21(33)26-18-7-8-31(16-18)22-20(24)15-25-23(28-22)27-17-3-5-19(6-4-17)30-11-9-29(10-12-30)13-14-32/h2-6,15,18,32H,1,7-14,16H2,(H,26,33)(H,25,27,28)/t18-/m1/s1. The van der Waals surface area contributed by atoms with Crippen LogP contribution in [0.3, 0.4) is 0 Å². The van der Waals surface area contributed by atoms with Crippen molar-refractivity contribution in [3.8, 4) is 0 Å². The van der Waals surface area contributed by atoms with E-state index in [2.05, 4.69) is 54.0 Å². The molecule has 0 unspecified atom stereocenters. The third kappa shape index (κ3) is 5.93. The van der Waals surface area contributed by atoms with E-state index in [1.807, 2.05) is 12.1 Å². The number of hydrogen-bond acceptors (Lipinski definition) is 8. The van der Waals surface area contributed by atoms with E-state index in [1.54, 1.807) is 6.20 Å². The number of carbonyl (C=O) groups is 1. The van der Waals surface area contributed by atoms with Crippen LogP contribution in [-0.2, 0) is 4.79 Å². The summed E-state index contributed by atoms with van der Waals surface area (Å²) < 4.78 is 0. The van der Waals surface area contributed by atoms with Crippen molar-refractivity contribution < 1.29 is 9.90 Å². The molecule has 1 aromatic heterocycles. The largest absolute Gasteiger partial charge is 0.395 e. The number of carbonyl (C=O) groups excluding carboxylic acids is 1. The highest BCUT2D eigenvalue weighted by molar-refractivity contribution is 6.32. The summed E-state index contributed by atoms with van der Waals surface area (Å²) in [5.41, 5.74) is 2.06. The van der Waals surface area contributed by atoms with Gasteiger partial charge in [-0.3, -0.25) is 9.69 Å². The van der Waals surface area contributed by atoms with Crippen molar-refractivity contribution in [3.63, 3.8) is 0 Å². The van der Waals surface area contributed by atoms with Crippen molar-refractivity contribution in [1.29, 1.82) is 0 Å². The van der Waals surface area contributed by atoms with E-state index in [1.165, 1.54) is 11.8 Å². The second kappa shape index (κ2) is 10.8. The van der Waals surface area contributed by atoms with Crippen molar-refractivity contribution in [2.45, 2.75) is 12.5 Å². The summed E-state index contributed by atoms with van der Waals surface area (Å²) in [7, 11) is 0. The maximum Gasteiger partial charge on any atom is 0.243 e. The van der Waals surface area contributed by atoms with Crippen molar-refractivity contribution in [2.24, 2.45) is 0 Å². The first kappa shape index (κ1) is 23.3. The molecule has 4 rings (SSSR count). The maximum atomic E-state index is 11.6. The predicted octanol–water partition coefficient (Wildman–Crippen LogP) is 1.87. The molecule has 9 nitrogen and oxygen atoms in total. The molecule has 2 saturated heterocycles. The Hall–Kier alpha value is -2.88. The van der Waals surface area contributed by atoms with Gasteiger partial charge in [-0.1, -0.05) is 18.2 Å². The van der Waals surface area contributed by atoms with Crippen LogP contribution in [0.15, 0.2) is 43.1 Å². The summed E-state index contributed by atoms with van der Waals surface area (Å²) in [5, 5.41) is 15.8. The molecule has 2 aliphatic rings. The van der Waals surface area contributed by atoms with Gasteiger partial charge < -0.3 is 25.5 Å². The Morgan fingerprint density at radius 3 is 2.64 bits per heavy atom. The Bertz CT molecular complexity index is 964. The molecule has 10 heteroatoms. The van der Waals surface area contributed by atoms with Crippen LogP contribution in [0.5, 0.6) is 0 Å². The number of nitrogens with zero attached hydrogens (tertiary/aromatic N) is 5. The minimum atomic E-state index is -0.173. The fourth-order valence-electron chi connectivity index (χ4n) is 4.23. The first-order valence-corrected chi connectivity index (χ1v) is 11.6. The summed E-state index contributed by atoms with van der Waals surface area (Å²) in [5.74, 6) is 0.953. The van der Waals surface area contributed by atoms with Crippen molar-refractivity contribution in [2.75, 3.05) is 67.5 Å². The number of piperazine rings is 1. The third-order valence-electron chi connectivity index (χ3n) is 6.02. The molecular formula is C23H30ClN7O2. The molecule has 2 fully saturated rings. The topological polar surface area (TPSA) is 96.9 Å². The highest BCUT2D eigenvalue weighted by atomic mass is 35.5. The number of rotatable bonds is 8. The molecule has 1 aromatic carbocycles. The zero-order chi connectivity index (χ0) is 23.2. The van der Waals surface area contributed by atoms with Crippen molar-refractivity contribution >= 4 is 40.6 Å². The average molecular weight is 472 g/mol. The summed E-state index contributed by atoms with van der Waals surface area (Å²) in [6, 6.07) is 8.26. The van der Waals surface area contributed by atoms with Gasteiger partial charge in [0.15, 0.2) is 5.82 Å². The van der Waals surface area contributed by atoms with E-state index in [0.717, 1.165) is 51.4 Å². The zero-order valence-electron chi connectivity index (χ0n) is 18.6. The first-order valence-electron chi connectivity index (χ1n) is 11.2. The van der Waals surface area contributed by atoms with Gasteiger partial charge in [0.05, 0.1) is 12.8 Å². The Kier molecular flexibility index (Phi) is 7.64. The number of anilines is 4. The Morgan fingerprint density at radius 2 is 1.94 bits per heavy atom. The molecular weight excluding hydrogens is 442 g/mol. The van der Waals surface area contributed by atoms with Crippen LogP contribution in [0.2, 0.25) is 5.02 Å². The SMILES string of the molecule is C=CC(=O)N[C@@H]1CCN(c2nc(Nc3ccc(N4CCN(CCO)CC4)cc3)ncc2Cl)C1. The third-order valence-corrected chi connectivity index (χ3v) is 6.29. The molecule has 0 spiro atoms. The molecule has 2 aromatic rings. The average Bonchev–Trinajstić information content (AvgIpc) is 3.29. The molecule has 0 radical (unpaired) electrons. The highest BCUT2D eigenvalue weighted by Crippen LogP contribution is 2.28. The lowest BCUT2D eigenvalue weighted by Crippen LogP contribution is -2.47. The predicted molar refractivity (Wildman–Crippen MR) is 131 cm³/mol. The van der Waals surface area contributed by atoms with E-state index in [4.69, 9.17) is 16.7 Å². The monoisotopic (exact) mass is 471 g/mol. The number of nitrogens with one attached hydrogen (secondary N) is 2. The lowest BCUT2D eigenvalue weighted by molar-refractivity contribution is -0.117. The van der Waals surface area contributed by atoms with Crippen LogP contribution in [0.1, 0.15) is 6.42 Å². The number of β-amino-alcohol motifs (C(OH)–C–C–N with tert-alkyl or cyclic N) is 1. The quantitative estimate of drug-likeness (QED) is 0.502. The van der Waals surface area contributed by atoms with Gasteiger partial charge in [-0.25, -0.2) is 4.98 Å². The second-order valence-corrected chi connectivity index (χ2v) is 8.64. The highest BCUT2D eigenvalue weighted by Gasteiger charge is 2.26. The van der Waals surface area contributed by atoms with E-state index in [0.29, 0.717) is 23.3 Å². The fourth-order valence-corrected chi connectivity index (χ4v) is 4.44. The lowest BCUT2D eigenvalue weighted by Gasteiger charge is -2.35. The zero-order valence-corrected chi connectivity index (χ0v) is 19.3. The molecule has 1 atom stereocenters. The Balaban J connectivity index is 1.37. The molecule has 0 saturated carbocycles. The Labute approximate surface area is 199 Å². The molecule has 0 aliphatic carbocycles. The number of halogens is 1. The minimum absolute atomic E-state index is 0.0380. The molecule has 1 amide bonds. The van der Waals surface area contributed by atoms with Crippen LogP contribution in [-0.4, -0.2) is 84.3 Å². The van der Waals surface area contributed by atoms with Gasteiger partial charge in [0, 0.05) is 63.2 Å². The van der Waals surface area contributed by atoms with Crippen molar-refractivity contribution in [3.05, 3.63) is 48.1 Å². The van der Waals surface area contributed by atoms with E-state index in [9.17, 15) is 4.79 Å². The van der Waals surface area contributed by atoms with Gasteiger partial charge in [-0.2, -0.15) is 4.98 Å². The van der Waals surface area contributed by atoms with Gasteiger partial charge >= 0.3 is 0 Å². The summed E-state index contributed by atoms with van der Waals surface area (Å²) in [4.78, 5) is 27.2. The van der Waals surface area contributed by atoms with E-state index in [-0.39, 0.29) is 18.6 Å². The minimum Gasteiger partial charge on any atom is -0.395 e. The maximum absolute atomic E-state index is 11.6. The molecule has 2 aliphatic heterocycles. The van der Waals surface area contributed by atoms with Crippen LogP contribution in [0, 0.1) is 0 Å². The van der Waals surface area contributed by atoms with Gasteiger partial charge in [0.1, 0.15) is 5.02 Å². The molecule has 3 heterocycles. The number of aliphatic hydroxyl groups is 1. The van der Waals surface area contributed by atoms with Gasteiger partial charge in [-0.05, 0) is 36.8 Å². The number of aliphatic hydroxyl groups excluding tert-OH is 1. The molecule has 33 heavy (non-hydrogen) atoms. The van der Waals surface area contributed by atoms with Crippen LogP contribution < -0.4 is 20.4 Å². The molecule has 0 bridgehead atoms. The lowest BCUT2D eigenvalue weighted by atomic mass is 10.2. The van der Waals surface area contributed by atoms with Crippen molar-refractivity contribution in [1.82, 2.24) is 20.2 Å². The van der Waals surface area contributed by atoms with Crippen LogP contribution in [0.25, 0.3) is 0 Å². The number of amides is 1. The fraction of sp³-hybridized carbons (Fsp3) is 0.435. The summed E-state index contributed by atoms with van der Waals surface area (Å²) in [6.45, 7) is 9.63. The second-order valence-electron chi connectivity index (χ2n) is 8.23. The number of hydrogen-bond donors (Lipinski definition) is 3. The van der Waals surface area contributed by atoms with Crippen LogP contribution in [0.4, 0.5) is 23.1 Å². The van der Waals surface area contributed by atoms with Gasteiger partial charge in [0.25, 0.3) is 0 Å². The normalized spacial score (nSPS) is 18.9. The van der Waals surface area contributed by atoms with E-state index < -0.39 is 0 Å². The summed E-state index contributed by atoms with van der Waals surface area (Å²) >= 11 is 6.38. The summed E-state index contributed by atoms with van der Waals surface area (Å²) in [6.07, 6.45) is 3.70. The Morgan fingerprint density at radius 1 is 1.18 bits per heavy atom. The smallest absolute Gasteiger partial charge is 0.243 e. The molecule has 176 valence electrons. The number of aromatic nitrogens is 2. The van der Waals surface area contributed by atoms with Gasteiger partial charge in [0.2, 0.25) is 11.9 Å².